The summed E-state index contributed by atoms with van der Waals surface area (Å²) >= 11 is 0. The SMILES string of the molecule is COCCCc1cc(CN(C(=O)C2CNCCC2(O)c2ccncc2)C2CC2)cc(OCCOC)c1. The van der Waals surface area contributed by atoms with Gasteiger partial charge in [-0.25, -0.2) is 0 Å². The number of methoxy groups -OCH3 is 2. The van der Waals surface area contributed by atoms with Gasteiger partial charge < -0.3 is 29.5 Å². The summed E-state index contributed by atoms with van der Waals surface area (Å²) in [6.45, 7) is 3.28. The van der Waals surface area contributed by atoms with E-state index >= 15 is 0 Å². The second kappa shape index (κ2) is 12.6. The molecule has 4 rings (SSSR count). The lowest BCUT2D eigenvalue weighted by Gasteiger charge is -2.42. The van der Waals surface area contributed by atoms with Crippen LogP contribution in [-0.2, 0) is 32.8 Å². The van der Waals surface area contributed by atoms with Crippen molar-refractivity contribution < 1.29 is 24.1 Å². The summed E-state index contributed by atoms with van der Waals surface area (Å²) in [5.41, 5.74) is 1.73. The van der Waals surface area contributed by atoms with E-state index in [-0.39, 0.29) is 11.9 Å². The summed E-state index contributed by atoms with van der Waals surface area (Å²) in [4.78, 5) is 20.1. The van der Waals surface area contributed by atoms with Crippen LogP contribution < -0.4 is 10.1 Å². The van der Waals surface area contributed by atoms with Crippen LogP contribution in [0.1, 0.15) is 42.4 Å². The van der Waals surface area contributed by atoms with Crippen LogP contribution in [0, 0.1) is 5.92 Å². The number of nitrogens with one attached hydrogen (secondary N) is 1. The van der Waals surface area contributed by atoms with Crippen LogP contribution in [-0.4, -0.2) is 74.1 Å². The first kappa shape index (κ1) is 26.5. The molecule has 2 atom stereocenters. The Balaban J connectivity index is 1.56. The van der Waals surface area contributed by atoms with Gasteiger partial charge in [0.05, 0.1) is 12.5 Å². The number of hydrogen-bond donors (Lipinski definition) is 2. The number of aryl methyl sites for hydroxylation is 1. The zero-order chi connectivity index (χ0) is 25.4. The van der Waals surface area contributed by atoms with Gasteiger partial charge in [0, 0.05) is 52.4 Å². The summed E-state index contributed by atoms with van der Waals surface area (Å²) in [5.74, 6) is 0.222. The van der Waals surface area contributed by atoms with Gasteiger partial charge in [0.1, 0.15) is 18.0 Å². The summed E-state index contributed by atoms with van der Waals surface area (Å²) < 4.78 is 16.3. The molecule has 1 amide bonds. The first-order valence-corrected chi connectivity index (χ1v) is 12.9. The Labute approximate surface area is 214 Å². The topological polar surface area (TPSA) is 93.2 Å². The smallest absolute Gasteiger partial charge is 0.230 e. The summed E-state index contributed by atoms with van der Waals surface area (Å²) in [6.07, 6.45) is 7.60. The molecule has 0 spiro atoms. The number of benzene rings is 1. The molecular weight excluding hydrogens is 458 g/mol. The van der Waals surface area contributed by atoms with Crippen LogP contribution >= 0.6 is 0 Å². The van der Waals surface area contributed by atoms with Crippen molar-refractivity contribution in [3.63, 3.8) is 0 Å². The number of rotatable bonds is 13. The number of carbonyl (C=O) groups excluding carboxylic acids is 1. The molecule has 8 heteroatoms. The van der Waals surface area contributed by atoms with Gasteiger partial charge in [-0.1, -0.05) is 6.07 Å². The third-order valence-corrected chi connectivity index (χ3v) is 7.11. The average molecular weight is 498 g/mol. The minimum Gasteiger partial charge on any atom is -0.491 e. The highest BCUT2D eigenvalue weighted by Crippen LogP contribution is 2.39. The Hall–Kier alpha value is -2.52. The van der Waals surface area contributed by atoms with Crippen LogP contribution in [0.25, 0.3) is 0 Å². The first-order chi connectivity index (χ1) is 17.5. The van der Waals surface area contributed by atoms with Gasteiger partial charge in [-0.05, 0) is 79.6 Å². The van der Waals surface area contributed by atoms with Crippen molar-refractivity contribution in [2.24, 2.45) is 5.92 Å². The van der Waals surface area contributed by atoms with Crippen LogP contribution in [0.4, 0.5) is 0 Å². The molecule has 2 heterocycles. The Morgan fingerprint density at radius 2 is 1.86 bits per heavy atom. The molecule has 196 valence electrons. The maximum atomic E-state index is 14.0. The van der Waals surface area contributed by atoms with Crippen molar-refractivity contribution in [3.8, 4) is 5.75 Å². The van der Waals surface area contributed by atoms with Gasteiger partial charge in [0.25, 0.3) is 0 Å². The highest BCUT2D eigenvalue weighted by atomic mass is 16.5. The number of carbonyl (C=O) groups is 1. The fourth-order valence-corrected chi connectivity index (χ4v) is 5.03. The zero-order valence-electron chi connectivity index (χ0n) is 21.4. The zero-order valence-corrected chi connectivity index (χ0v) is 21.4. The second-order valence-electron chi connectivity index (χ2n) is 9.79. The van der Waals surface area contributed by atoms with E-state index in [1.807, 2.05) is 23.1 Å². The summed E-state index contributed by atoms with van der Waals surface area (Å²) in [5, 5.41) is 15.1. The molecule has 0 radical (unpaired) electrons. The van der Waals surface area contributed by atoms with Crippen molar-refractivity contribution in [3.05, 3.63) is 59.4 Å². The van der Waals surface area contributed by atoms with Crippen LogP contribution in [0.5, 0.6) is 5.75 Å². The van der Waals surface area contributed by atoms with Gasteiger partial charge >= 0.3 is 0 Å². The number of piperidine rings is 1. The highest BCUT2D eigenvalue weighted by Gasteiger charge is 2.48. The van der Waals surface area contributed by atoms with E-state index < -0.39 is 11.5 Å². The van der Waals surface area contributed by atoms with E-state index in [0.717, 1.165) is 48.1 Å². The lowest BCUT2D eigenvalue weighted by atomic mass is 9.76. The molecule has 1 aliphatic carbocycles. The molecule has 1 aromatic heterocycles. The Kier molecular flexibility index (Phi) is 9.31. The summed E-state index contributed by atoms with van der Waals surface area (Å²) in [6, 6.07) is 10.1. The molecule has 2 aliphatic rings. The first-order valence-electron chi connectivity index (χ1n) is 12.9. The molecule has 2 N–H and O–H groups in total. The van der Waals surface area contributed by atoms with E-state index in [1.165, 1.54) is 0 Å². The molecule has 1 saturated carbocycles. The minimum atomic E-state index is -1.21. The maximum absolute atomic E-state index is 14.0. The predicted molar refractivity (Wildman–Crippen MR) is 137 cm³/mol. The summed E-state index contributed by atoms with van der Waals surface area (Å²) in [7, 11) is 3.37. The molecule has 2 fully saturated rings. The maximum Gasteiger partial charge on any atom is 0.230 e. The van der Waals surface area contributed by atoms with E-state index in [9.17, 15) is 9.90 Å². The van der Waals surface area contributed by atoms with Gasteiger partial charge in [-0.2, -0.15) is 0 Å². The number of ether oxygens (including phenoxy) is 3. The molecular formula is C28H39N3O5. The molecule has 0 bridgehead atoms. The van der Waals surface area contributed by atoms with Crippen molar-refractivity contribution in [2.75, 3.05) is 47.1 Å². The average Bonchev–Trinajstić information content (AvgIpc) is 3.73. The van der Waals surface area contributed by atoms with E-state index in [1.54, 1.807) is 26.6 Å². The minimum absolute atomic E-state index is 0.00403. The normalized spacial score (nSPS) is 21.8. The van der Waals surface area contributed by atoms with E-state index in [0.29, 0.717) is 45.9 Å². The highest BCUT2D eigenvalue weighted by molar-refractivity contribution is 5.81. The van der Waals surface area contributed by atoms with Crippen molar-refractivity contribution >= 4 is 5.91 Å². The fourth-order valence-electron chi connectivity index (χ4n) is 5.03. The largest absolute Gasteiger partial charge is 0.491 e. The molecule has 1 aromatic carbocycles. The standard InChI is InChI=1S/C28H39N3O5/c1-34-13-3-4-21-16-22(18-25(17-21)36-15-14-35-2)20-31(24-5-6-24)27(32)26-19-30-12-9-28(26,33)23-7-10-29-11-8-23/h7-8,10-11,16-18,24,26,30,33H,3-6,9,12-15,19-20H2,1-2H3. The number of aliphatic hydroxyl groups is 1. The van der Waals surface area contributed by atoms with E-state index in [2.05, 4.69) is 22.4 Å². The quantitative estimate of drug-likeness (QED) is 0.411. The number of amides is 1. The van der Waals surface area contributed by atoms with Crippen LogP contribution in [0.15, 0.2) is 42.7 Å². The van der Waals surface area contributed by atoms with Gasteiger partial charge in [-0.3, -0.25) is 9.78 Å². The number of hydrogen-bond acceptors (Lipinski definition) is 7. The molecule has 1 aliphatic heterocycles. The Morgan fingerprint density at radius 1 is 1.11 bits per heavy atom. The lowest BCUT2D eigenvalue weighted by Crippen LogP contribution is -2.55. The molecule has 36 heavy (non-hydrogen) atoms. The predicted octanol–water partition coefficient (Wildman–Crippen LogP) is 2.67. The van der Waals surface area contributed by atoms with Crippen molar-refractivity contribution in [1.29, 1.82) is 0 Å². The number of pyridine rings is 1. The number of nitrogens with zero attached hydrogens (tertiary/aromatic N) is 2. The van der Waals surface area contributed by atoms with Crippen LogP contribution in [0.2, 0.25) is 0 Å². The molecule has 2 aromatic rings. The number of aromatic nitrogens is 1. The third kappa shape index (κ3) is 6.62. The van der Waals surface area contributed by atoms with Gasteiger partial charge in [-0.15, -0.1) is 0 Å². The van der Waals surface area contributed by atoms with Gasteiger partial charge in [0.15, 0.2) is 0 Å². The lowest BCUT2D eigenvalue weighted by molar-refractivity contribution is -0.150. The Morgan fingerprint density at radius 3 is 2.58 bits per heavy atom. The molecule has 1 saturated heterocycles. The van der Waals surface area contributed by atoms with Crippen LogP contribution in [0.3, 0.4) is 0 Å². The second-order valence-corrected chi connectivity index (χ2v) is 9.79. The van der Waals surface area contributed by atoms with E-state index in [4.69, 9.17) is 14.2 Å². The van der Waals surface area contributed by atoms with Gasteiger partial charge in [0.2, 0.25) is 5.91 Å². The fraction of sp³-hybridized carbons (Fsp3) is 0.571. The molecule has 8 nitrogen and oxygen atoms in total. The van der Waals surface area contributed by atoms with Crippen molar-refractivity contribution in [2.45, 2.75) is 50.3 Å². The van der Waals surface area contributed by atoms with Crippen molar-refractivity contribution in [1.82, 2.24) is 15.2 Å². The Bertz CT molecular complexity index is 956. The monoisotopic (exact) mass is 497 g/mol. The molecule has 2 unspecified atom stereocenters. The third-order valence-electron chi connectivity index (χ3n) is 7.11.